The fourth-order valence-corrected chi connectivity index (χ4v) is 3.31. The van der Waals surface area contributed by atoms with Crippen molar-refractivity contribution in [3.8, 4) is 11.6 Å². The Morgan fingerprint density at radius 1 is 1.12 bits per heavy atom. The van der Waals surface area contributed by atoms with E-state index in [-0.39, 0.29) is 35.7 Å². The minimum Gasteiger partial charge on any atom is -0.494 e. The molecule has 0 amide bonds. The van der Waals surface area contributed by atoms with Gasteiger partial charge >= 0.3 is 4.87 Å². The minimum atomic E-state index is -0.319. The molecule has 2 aromatic carbocycles. The smallest absolute Gasteiger partial charge is 0.307 e. The Morgan fingerprint density at radius 3 is 2.38 bits per heavy atom. The van der Waals surface area contributed by atoms with Crippen molar-refractivity contribution in [3.05, 3.63) is 80.0 Å². The number of hydrogen-bond donors (Lipinski definition) is 3. The maximum absolute atomic E-state index is 13.0. The van der Waals surface area contributed by atoms with Gasteiger partial charge in [0.2, 0.25) is 5.88 Å². The van der Waals surface area contributed by atoms with Gasteiger partial charge in [-0.05, 0) is 35.4 Å². The summed E-state index contributed by atoms with van der Waals surface area (Å²) in [5.41, 5.74) is 1.74. The molecular weight excluding hydrogens is 357 g/mol. The highest BCUT2D eigenvalue weighted by Crippen LogP contribution is 2.23. The second-order valence-corrected chi connectivity index (χ2v) is 6.92. The van der Waals surface area contributed by atoms with E-state index < -0.39 is 0 Å². The summed E-state index contributed by atoms with van der Waals surface area (Å²) in [6.45, 7) is 0.164. The molecular formula is C19H18FNO4S. The zero-order valence-corrected chi connectivity index (χ0v) is 14.6. The number of aromatic hydroxyl groups is 1. The maximum atomic E-state index is 13.0. The average molecular weight is 375 g/mol. The predicted molar refractivity (Wildman–Crippen MR) is 97.6 cm³/mol. The average Bonchev–Trinajstić information content (AvgIpc) is 2.95. The Morgan fingerprint density at radius 2 is 1.81 bits per heavy atom. The molecule has 1 unspecified atom stereocenters. The lowest BCUT2D eigenvalue weighted by molar-refractivity contribution is 0.205. The molecule has 0 saturated heterocycles. The number of aromatic amines is 1. The summed E-state index contributed by atoms with van der Waals surface area (Å²) in [7, 11) is 0. The summed E-state index contributed by atoms with van der Waals surface area (Å²) in [6, 6.07) is 13.3. The molecule has 0 spiro atoms. The van der Waals surface area contributed by atoms with E-state index in [9.17, 15) is 19.4 Å². The summed E-state index contributed by atoms with van der Waals surface area (Å²) in [4.78, 5) is 13.9. The van der Waals surface area contributed by atoms with E-state index in [1.807, 2.05) is 12.1 Å². The van der Waals surface area contributed by atoms with Crippen LogP contribution in [-0.4, -0.2) is 28.4 Å². The molecule has 0 fully saturated rings. The number of thiazole rings is 1. The molecule has 26 heavy (non-hydrogen) atoms. The lowest BCUT2D eigenvalue weighted by Gasteiger charge is -2.16. The standard InChI is InChI=1S/C19H18FNO4S/c20-15-5-3-13(4-6-15)14(10-22)11-25-16-7-1-12(2-8-16)9-17-18(23)21-19(24)26-17/h1-8,14,22-23H,9-11H2,(H,21,24). The monoisotopic (exact) mass is 375 g/mol. The normalized spacial score (nSPS) is 12.1. The van der Waals surface area contributed by atoms with Crippen LogP contribution in [0.15, 0.2) is 53.3 Å². The number of ether oxygens (including phenoxy) is 1. The van der Waals surface area contributed by atoms with Crippen LogP contribution in [-0.2, 0) is 6.42 Å². The third kappa shape index (κ3) is 4.50. The number of halogens is 1. The summed E-state index contributed by atoms with van der Waals surface area (Å²) in [6.07, 6.45) is 0.449. The van der Waals surface area contributed by atoms with Crippen molar-refractivity contribution in [2.24, 2.45) is 0 Å². The highest BCUT2D eigenvalue weighted by Gasteiger charge is 2.12. The van der Waals surface area contributed by atoms with Gasteiger partial charge in [-0.2, -0.15) is 0 Å². The largest absolute Gasteiger partial charge is 0.494 e. The van der Waals surface area contributed by atoms with Crippen molar-refractivity contribution >= 4 is 11.3 Å². The summed E-state index contributed by atoms with van der Waals surface area (Å²) in [5.74, 6) is -0.0176. The Kier molecular flexibility index (Phi) is 5.70. The molecule has 1 heterocycles. The van der Waals surface area contributed by atoms with Gasteiger partial charge in [0.25, 0.3) is 0 Å². The van der Waals surface area contributed by atoms with Crippen LogP contribution < -0.4 is 9.61 Å². The Bertz CT molecular complexity index is 903. The second kappa shape index (κ2) is 8.16. The van der Waals surface area contributed by atoms with Crippen LogP contribution in [0.25, 0.3) is 0 Å². The van der Waals surface area contributed by atoms with Gasteiger partial charge in [0.05, 0.1) is 18.1 Å². The highest BCUT2D eigenvalue weighted by molar-refractivity contribution is 7.09. The summed E-state index contributed by atoms with van der Waals surface area (Å²) < 4.78 is 18.7. The van der Waals surface area contributed by atoms with E-state index in [2.05, 4.69) is 4.98 Å². The van der Waals surface area contributed by atoms with Crippen molar-refractivity contribution < 1.29 is 19.3 Å². The number of hydrogen-bond acceptors (Lipinski definition) is 5. The van der Waals surface area contributed by atoms with Gasteiger partial charge in [-0.25, -0.2) is 4.39 Å². The van der Waals surface area contributed by atoms with Crippen LogP contribution in [0.2, 0.25) is 0 Å². The van der Waals surface area contributed by atoms with Gasteiger partial charge < -0.3 is 14.9 Å². The third-order valence-electron chi connectivity index (χ3n) is 4.00. The lowest BCUT2D eigenvalue weighted by Crippen LogP contribution is -2.14. The summed E-state index contributed by atoms with van der Waals surface area (Å²) in [5, 5.41) is 19.2. The third-order valence-corrected chi connectivity index (χ3v) is 4.87. The minimum absolute atomic E-state index is 0.0922. The topological polar surface area (TPSA) is 82.6 Å². The highest BCUT2D eigenvalue weighted by atomic mass is 32.1. The molecule has 5 nitrogen and oxygen atoms in total. The number of rotatable bonds is 7. The number of aliphatic hydroxyl groups excluding tert-OH is 1. The molecule has 0 aliphatic rings. The molecule has 7 heteroatoms. The van der Waals surface area contributed by atoms with Crippen LogP contribution in [0, 0.1) is 5.82 Å². The first-order valence-electron chi connectivity index (χ1n) is 8.04. The van der Waals surface area contributed by atoms with E-state index in [4.69, 9.17) is 4.74 Å². The molecule has 0 aliphatic carbocycles. The molecule has 0 aliphatic heterocycles. The van der Waals surface area contributed by atoms with Crippen molar-refractivity contribution in [1.29, 1.82) is 0 Å². The molecule has 1 atom stereocenters. The fourth-order valence-electron chi connectivity index (χ4n) is 2.55. The SMILES string of the molecule is O=c1[nH]c(O)c(Cc2ccc(OCC(CO)c3ccc(F)cc3)cc2)s1. The van der Waals surface area contributed by atoms with Gasteiger partial charge in [-0.3, -0.25) is 9.78 Å². The van der Waals surface area contributed by atoms with Gasteiger partial charge in [-0.1, -0.05) is 35.6 Å². The fraction of sp³-hybridized carbons (Fsp3) is 0.211. The van der Waals surface area contributed by atoms with Gasteiger partial charge in [0, 0.05) is 12.3 Å². The van der Waals surface area contributed by atoms with E-state index in [1.54, 1.807) is 24.3 Å². The van der Waals surface area contributed by atoms with Crippen LogP contribution in [0.5, 0.6) is 11.6 Å². The molecule has 136 valence electrons. The van der Waals surface area contributed by atoms with E-state index in [1.165, 1.54) is 12.1 Å². The first-order chi connectivity index (χ1) is 12.5. The zero-order chi connectivity index (χ0) is 18.5. The lowest BCUT2D eigenvalue weighted by atomic mass is 10.0. The molecule has 3 rings (SSSR count). The zero-order valence-electron chi connectivity index (χ0n) is 13.8. The van der Waals surface area contributed by atoms with Crippen LogP contribution in [0.4, 0.5) is 4.39 Å². The van der Waals surface area contributed by atoms with Crippen LogP contribution in [0.3, 0.4) is 0 Å². The number of aliphatic hydroxyl groups is 1. The maximum Gasteiger partial charge on any atom is 0.307 e. The Labute approximate surface area is 153 Å². The van der Waals surface area contributed by atoms with Crippen molar-refractivity contribution in [2.45, 2.75) is 12.3 Å². The van der Waals surface area contributed by atoms with Crippen molar-refractivity contribution in [1.82, 2.24) is 4.98 Å². The molecule has 0 radical (unpaired) electrons. The van der Waals surface area contributed by atoms with E-state index in [0.29, 0.717) is 17.0 Å². The number of nitrogens with one attached hydrogen (secondary N) is 1. The molecule has 0 saturated carbocycles. The van der Waals surface area contributed by atoms with Gasteiger partial charge in [0.1, 0.15) is 11.6 Å². The molecule has 3 aromatic rings. The van der Waals surface area contributed by atoms with E-state index >= 15 is 0 Å². The molecule has 3 N–H and O–H groups in total. The predicted octanol–water partition coefficient (Wildman–Crippen LogP) is 3.03. The number of benzene rings is 2. The first-order valence-corrected chi connectivity index (χ1v) is 8.86. The second-order valence-electron chi connectivity index (χ2n) is 5.85. The Balaban J connectivity index is 1.60. The van der Waals surface area contributed by atoms with Crippen molar-refractivity contribution in [2.75, 3.05) is 13.2 Å². The quantitative estimate of drug-likeness (QED) is 0.593. The summed E-state index contributed by atoms with van der Waals surface area (Å²) >= 11 is 0.982. The van der Waals surface area contributed by atoms with E-state index in [0.717, 1.165) is 22.5 Å². The molecule has 1 aromatic heterocycles. The first kappa shape index (κ1) is 18.2. The van der Waals surface area contributed by atoms with Gasteiger partial charge in [0.15, 0.2) is 0 Å². The van der Waals surface area contributed by atoms with Crippen LogP contribution in [0.1, 0.15) is 21.9 Å². The number of H-pyrrole nitrogens is 1. The number of aromatic nitrogens is 1. The van der Waals surface area contributed by atoms with Crippen LogP contribution >= 0.6 is 11.3 Å². The van der Waals surface area contributed by atoms with Gasteiger partial charge in [-0.15, -0.1) is 0 Å². The molecule has 0 bridgehead atoms. The Hall–Kier alpha value is -2.64. The van der Waals surface area contributed by atoms with Crippen molar-refractivity contribution in [3.63, 3.8) is 0 Å².